The van der Waals surface area contributed by atoms with Gasteiger partial charge < -0.3 is 15.4 Å². The van der Waals surface area contributed by atoms with Gasteiger partial charge in [-0.3, -0.25) is 4.79 Å². The minimum atomic E-state index is 0. The number of amides is 1. The maximum atomic E-state index is 12.6. The number of hydrogen-bond acceptors (Lipinski definition) is 5. The van der Waals surface area contributed by atoms with E-state index in [-0.39, 0.29) is 36.1 Å². The van der Waals surface area contributed by atoms with Crippen molar-refractivity contribution in [3.8, 4) is 16.3 Å². The molecule has 26 heavy (non-hydrogen) atoms. The fraction of sp³-hybridized carbons (Fsp3) is 0.444. The van der Waals surface area contributed by atoms with E-state index in [1.807, 2.05) is 41.5 Å². The molecule has 144 valence electrons. The van der Waals surface area contributed by atoms with Crippen LogP contribution >= 0.6 is 36.2 Å². The van der Waals surface area contributed by atoms with Gasteiger partial charge in [-0.2, -0.15) is 0 Å². The maximum absolute atomic E-state index is 12.6. The van der Waals surface area contributed by atoms with Crippen LogP contribution in [0.1, 0.15) is 30.8 Å². The predicted molar refractivity (Wildman–Crippen MR) is 111 cm³/mol. The number of ether oxygens (including phenoxy) is 1. The average Bonchev–Trinajstić information content (AvgIpc) is 3.23. The Balaban J connectivity index is 0.00000169. The van der Waals surface area contributed by atoms with E-state index in [4.69, 9.17) is 10.5 Å². The van der Waals surface area contributed by atoms with Crippen molar-refractivity contribution >= 4 is 42.1 Å². The van der Waals surface area contributed by atoms with E-state index in [9.17, 15) is 4.79 Å². The monoisotopic (exact) mass is 417 g/mol. The maximum Gasteiger partial charge on any atom is 0.273 e. The molecule has 0 bridgehead atoms. The Labute approximate surface area is 170 Å². The molecule has 0 radical (unpaired) electrons. The zero-order chi connectivity index (χ0) is 17.2. The van der Waals surface area contributed by atoms with Gasteiger partial charge in [0.1, 0.15) is 16.5 Å². The quantitative estimate of drug-likeness (QED) is 0.801. The van der Waals surface area contributed by atoms with Crippen LogP contribution in [0.2, 0.25) is 0 Å². The highest BCUT2D eigenvalue weighted by molar-refractivity contribution is 7.13. The lowest BCUT2D eigenvalue weighted by Gasteiger charge is -2.22. The smallest absolute Gasteiger partial charge is 0.273 e. The Morgan fingerprint density at radius 2 is 2.04 bits per heavy atom. The van der Waals surface area contributed by atoms with Gasteiger partial charge in [-0.25, -0.2) is 4.98 Å². The van der Waals surface area contributed by atoms with Gasteiger partial charge in [0.2, 0.25) is 0 Å². The third-order valence-electron chi connectivity index (χ3n) is 4.47. The summed E-state index contributed by atoms with van der Waals surface area (Å²) in [6.07, 6.45) is 0.950. The molecule has 1 aromatic carbocycles. The number of benzene rings is 1. The van der Waals surface area contributed by atoms with Crippen molar-refractivity contribution in [3.05, 3.63) is 35.3 Å². The molecule has 2 heterocycles. The number of hydrogen-bond donors (Lipinski definition) is 1. The molecular weight excluding hydrogens is 393 g/mol. The van der Waals surface area contributed by atoms with Gasteiger partial charge in [0.25, 0.3) is 5.91 Å². The molecule has 1 saturated heterocycles. The Morgan fingerprint density at radius 3 is 2.62 bits per heavy atom. The van der Waals surface area contributed by atoms with Crippen LogP contribution in [0.4, 0.5) is 0 Å². The molecule has 2 aromatic rings. The molecule has 0 aliphatic carbocycles. The first-order chi connectivity index (χ1) is 11.5. The van der Waals surface area contributed by atoms with Crippen molar-refractivity contribution in [1.82, 2.24) is 9.88 Å². The van der Waals surface area contributed by atoms with Gasteiger partial charge in [-0.1, -0.05) is 6.92 Å². The van der Waals surface area contributed by atoms with Gasteiger partial charge in [-0.05, 0) is 49.6 Å². The Morgan fingerprint density at radius 1 is 1.35 bits per heavy atom. The van der Waals surface area contributed by atoms with E-state index in [2.05, 4.69) is 11.9 Å². The van der Waals surface area contributed by atoms with E-state index in [0.29, 0.717) is 25.4 Å². The number of carbonyl (C=O) groups is 1. The van der Waals surface area contributed by atoms with Gasteiger partial charge in [0.15, 0.2) is 0 Å². The zero-order valence-electron chi connectivity index (χ0n) is 14.9. The largest absolute Gasteiger partial charge is 0.494 e. The van der Waals surface area contributed by atoms with Crippen LogP contribution in [-0.4, -0.2) is 42.0 Å². The third kappa shape index (κ3) is 4.88. The van der Waals surface area contributed by atoms with Gasteiger partial charge in [-0.15, -0.1) is 36.2 Å². The molecule has 1 aromatic heterocycles. The number of nitrogens with zero attached hydrogens (tertiary/aromatic N) is 2. The van der Waals surface area contributed by atoms with Gasteiger partial charge in [0, 0.05) is 24.0 Å². The lowest BCUT2D eigenvalue weighted by atomic mass is 9.90. The fourth-order valence-corrected chi connectivity index (χ4v) is 3.69. The minimum Gasteiger partial charge on any atom is -0.494 e. The molecule has 8 heteroatoms. The number of likely N-dealkylation sites (tertiary alicyclic amines) is 1. The molecule has 5 nitrogen and oxygen atoms in total. The summed E-state index contributed by atoms with van der Waals surface area (Å²) in [7, 11) is 0. The SMILES string of the molecule is CCOc1ccc(-c2nc(C(=O)N3CCC(C)(CN)C3)cs2)cc1.Cl.Cl. The standard InChI is InChI=1S/C18H23N3O2S.2ClH/c1-3-23-14-6-4-13(5-7-14)16-20-15(10-24-16)17(22)21-9-8-18(2,11-19)12-21;;/h4-7,10H,3,8-9,11-12,19H2,1-2H3;2*1H. The molecular formula is C18H25Cl2N3O2S. The van der Waals surface area contributed by atoms with Crippen LogP contribution in [0.5, 0.6) is 5.75 Å². The predicted octanol–water partition coefficient (Wildman–Crippen LogP) is 3.86. The lowest BCUT2D eigenvalue weighted by molar-refractivity contribution is 0.0772. The summed E-state index contributed by atoms with van der Waals surface area (Å²) in [6, 6.07) is 7.79. The van der Waals surface area contributed by atoms with Crippen molar-refractivity contribution in [3.63, 3.8) is 0 Å². The van der Waals surface area contributed by atoms with Crippen molar-refractivity contribution in [2.45, 2.75) is 20.3 Å². The highest BCUT2D eigenvalue weighted by Crippen LogP contribution is 2.31. The first-order valence-corrected chi connectivity index (χ1v) is 9.11. The Bertz CT molecular complexity index is 723. The summed E-state index contributed by atoms with van der Waals surface area (Å²) in [5.74, 6) is 0.841. The second-order valence-electron chi connectivity index (χ2n) is 6.49. The average molecular weight is 418 g/mol. The summed E-state index contributed by atoms with van der Waals surface area (Å²) < 4.78 is 5.45. The number of halogens is 2. The van der Waals surface area contributed by atoms with Crippen LogP contribution in [0.15, 0.2) is 29.6 Å². The molecule has 0 spiro atoms. The third-order valence-corrected chi connectivity index (χ3v) is 5.36. The molecule has 0 saturated carbocycles. The Kier molecular flexibility index (Phi) is 8.34. The van der Waals surface area contributed by atoms with Crippen molar-refractivity contribution < 1.29 is 9.53 Å². The molecule has 1 unspecified atom stereocenters. The normalized spacial score (nSPS) is 18.8. The molecule has 1 atom stereocenters. The van der Waals surface area contributed by atoms with Crippen LogP contribution in [0.3, 0.4) is 0 Å². The second kappa shape index (κ2) is 9.55. The highest BCUT2D eigenvalue weighted by atomic mass is 35.5. The summed E-state index contributed by atoms with van der Waals surface area (Å²) in [4.78, 5) is 19.0. The van der Waals surface area contributed by atoms with Gasteiger partial charge >= 0.3 is 0 Å². The lowest BCUT2D eigenvalue weighted by Crippen LogP contribution is -2.34. The number of nitrogens with two attached hydrogens (primary N) is 1. The minimum absolute atomic E-state index is 0. The van der Waals surface area contributed by atoms with Crippen molar-refractivity contribution in [2.24, 2.45) is 11.1 Å². The van der Waals surface area contributed by atoms with Crippen molar-refractivity contribution in [1.29, 1.82) is 0 Å². The van der Waals surface area contributed by atoms with Crippen LogP contribution in [0, 0.1) is 5.41 Å². The molecule has 2 N–H and O–H groups in total. The van der Waals surface area contributed by atoms with E-state index < -0.39 is 0 Å². The molecule has 1 aliphatic heterocycles. The van der Waals surface area contributed by atoms with Crippen LogP contribution in [0.25, 0.3) is 10.6 Å². The van der Waals surface area contributed by atoms with Crippen LogP contribution in [-0.2, 0) is 0 Å². The molecule has 1 amide bonds. The topological polar surface area (TPSA) is 68.5 Å². The van der Waals surface area contributed by atoms with Crippen LogP contribution < -0.4 is 10.5 Å². The number of thiazole rings is 1. The summed E-state index contributed by atoms with van der Waals surface area (Å²) >= 11 is 1.49. The summed E-state index contributed by atoms with van der Waals surface area (Å²) in [6.45, 7) is 6.80. The Hall–Kier alpha value is -1.34. The van der Waals surface area contributed by atoms with E-state index in [1.165, 1.54) is 11.3 Å². The van der Waals surface area contributed by atoms with Gasteiger partial charge in [0.05, 0.1) is 6.61 Å². The molecule has 3 rings (SSSR count). The van der Waals surface area contributed by atoms with E-state index in [0.717, 1.165) is 29.3 Å². The number of rotatable bonds is 5. The first-order valence-electron chi connectivity index (χ1n) is 8.23. The molecule has 1 fully saturated rings. The summed E-state index contributed by atoms with van der Waals surface area (Å²) in [5, 5.41) is 2.69. The highest BCUT2D eigenvalue weighted by Gasteiger charge is 2.35. The van der Waals surface area contributed by atoms with Crippen molar-refractivity contribution in [2.75, 3.05) is 26.2 Å². The second-order valence-corrected chi connectivity index (χ2v) is 7.34. The van der Waals surface area contributed by atoms with E-state index in [1.54, 1.807) is 0 Å². The summed E-state index contributed by atoms with van der Waals surface area (Å²) in [5.41, 5.74) is 7.37. The fourth-order valence-electron chi connectivity index (χ4n) is 2.89. The number of aromatic nitrogens is 1. The number of carbonyl (C=O) groups excluding carboxylic acids is 1. The zero-order valence-corrected chi connectivity index (χ0v) is 17.4. The van der Waals surface area contributed by atoms with E-state index >= 15 is 0 Å². The first kappa shape index (κ1) is 22.7. The molecule has 1 aliphatic rings.